The maximum atomic E-state index is 12.8. The molecule has 0 spiro atoms. The van der Waals surface area contributed by atoms with Crippen molar-refractivity contribution in [1.82, 2.24) is 10.6 Å². The minimum Gasteiger partial charge on any atom is -0.480 e. The Morgan fingerprint density at radius 1 is 0.554 bits per heavy atom. The Kier molecular flexibility index (Phi) is 39.5. The molecule has 56 heavy (non-hydrogen) atoms. The summed E-state index contributed by atoms with van der Waals surface area (Å²) in [5, 5.41) is 22.5. The Hall–Kier alpha value is -2.94. The molecule has 9 heteroatoms. The van der Waals surface area contributed by atoms with Gasteiger partial charge in [0.2, 0.25) is 11.8 Å². The highest BCUT2D eigenvalue weighted by molar-refractivity contribution is 5.87. The highest BCUT2D eigenvalue weighted by atomic mass is 16.5. The van der Waals surface area contributed by atoms with Gasteiger partial charge >= 0.3 is 11.9 Å². The number of allylic oxidation sites excluding steroid dienone is 5. The molecule has 324 valence electrons. The number of hydrogen-bond acceptors (Lipinski definition) is 6. The van der Waals surface area contributed by atoms with E-state index in [1.807, 2.05) is 0 Å². The van der Waals surface area contributed by atoms with Crippen LogP contribution < -0.4 is 10.6 Å². The van der Waals surface area contributed by atoms with E-state index in [1.54, 1.807) is 0 Å². The fourth-order valence-electron chi connectivity index (χ4n) is 6.54. The molecule has 0 aromatic carbocycles. The van der Waals surface area contributed by atoms with Gasteiger partial charge < -0.3 is 25.6 Å². The van der Waals surface area contributed by atoms with Gasteiger partial charge in [0.1, 0.15) is 12.1 Å². The van der Waals surface area contributed by atoms with Crippen LogP contribution in [0.15, 0.2) is 36.5 Å². The summed E-state index contributed by atoms with van der Waals surface area (Å²) in [6.45, 7) is 3.46. The van der Waals surface area contributed by atoms with Crippen molar-refractivity contribution in [3.05, 3.63) is 36.5 Å². The number of ether oxygens (including phenoxy) is 1. The molecule has 0 aromatic rings. The molecule has 0 saturated carbocycles. The lowest BCUT2D eigenvalue weighted by molar-refractivity contribution is -0.147. The van der Waals surface area contributed by atoms with Crippen LogP contribution in [0.3, 0.4) is 0 Å². The maximum Gasteiger partial charge on any atom is 0.328 e. The van der Waals surface area contributed by atoms with E-state index in [0.717, 1.165) is 64.2 Å². The number of aliphatic hydroxyl groups is 1. The number of unbranched alkanes of at least 4 members (excludes halogenated alkanes) is 23. The summed E-state index contributed by atoms with van der Waals surface area (Å²) in [7, 11) is 0. The van der Waals surface area contributed by atoms with Crippen molar-refractivity contribution in [3.63, 3.8) is 0 Å². The predicted molar refractivity (Wildman–Crippen MR) is 231 cm³/mol. The van der Waals surface area contributed by atoms with Crippen molar-refractivity contribution in [1.29, 1.82) is 0 Å². The van der Waals surface area contributed by atoms with E-state index >= 15 is 0 Å². The first-order chi connectivity index (χ1) is 27.3. The number of esters is 1. The standard InChI is InChI=1S/C47H84N2O7/c1-3-5-7-9-11-13-14-15-16-17-18-19-20-21-23-25-31-35-39-46(53)56-42(36-32-28-24-22-12-10-8-6-4-2)37-33-29-26-27-30-34-38-44(51)48-40-45(52)49-43(41-50)47(54)55/h13-14,16-17,32,36,42-43,50H,3-12,15,18-31,33-35,37-41H2,1-2H3,(H,48,51)(H,49,52)(H,54,55)/b14-13-,17-16-,36-32-. The molecule has 0 aromatic heterocycles. The van der Waals surface area contributed by atoms with Crippen molar-refractivity contribution in [2.75, 3.05) is 13.2 Å². The molecule has 2 unspecified atom stereocenters. The first kappa shape index (κ1) is 53.1. The van der Waals surface area contributed by atoms with Gasteiger partial charge in [-0.15, -0.1) is 0 Å². The predicted octanol–water partition coefficient (Wildman–Crippen LogP) is 11.4. The smallest absolute Gasteiger partial charge is 0.328 e. The van der Waals surface area contributed by atoms with E-state index in [4.69, 9.17) is 14.9 Å². The normalized spacial score (nSPS) is 12.8. The largest absolute Gasteiger partial charge is 0.480 e. The summed E-state index contributed by atoms with van der Waals surface area (Å²) in [5.41, 5.74) is 0. The number of carbonyl (C=O) groups is 4. The van der Waals surface area contributed by atoms with Crippen molar-refractivity contribution in [2.24, 2.45) is 0 Å². The van der Waals surface area contributed by atoms with Gasteiger partial charge in [0, 0.05) is 12.8 Å². The minimum absolute atomic E-state index is 0.0837. The van der Waals surface area contributed by atoms with Crippen molar-refractivity contribution in [3.8, 4) is 0 Å². The van der Waals surface area contributed by atoms with Crippen LogP contribution >= 0.6 is 0 Å². The van der Waals surface area contributed by atoms with Crippen LogP contribution in [0.1, 0.15) is 213 Å². The van der Waals surface area contributed by atoms with Gasteiger partial charge in [0.05, 0.1) is 13.2 Å². The summed E-state index contributed by atoms with van der Waals surface area (Å²) >= 11 is 0. The van der Waals surface area contributed by atoms with Gasteiger partial charge in [-0.05, 0) is 76.7 Å². The minimum atomic E-state index is -1.38. The van der Waals surface area contributed by atoms with Crippen LogP contribution in [0.2, 0.25) is 0 Å². The number of carboxylic acids is 1. The molecular weight excluding hydrogens is 705 g/mol. The van der Waals surface area contributed by atoms with E-state index in [1.165, 1.54) is 116 Å². The van der Waals surface area contributed by atoms with Crippen LogP contribution in [0.25, 0.3) is 0 Å². The van der Waals surface area contributed by atoms with Gasteiger partial charge in [-0.2, -0.15) is 0 Å². The molecule has 0 heterocycles. The average molecular weight is 789 g/mol. The quantitative estimate of drug-likeness (QED) is 0.0274. The molecule has 2 atom stereocenters. The molecule has 0 aliphatic rings. The topological polar surface area (TPSA) is 142 Å². The monoisotopic (exact) mass is 789 g/mol. The van der Waals surface area contributed by atoms with Crippen molar-refractivity contribution >= 4 is 23.8 Å². The molecule has 0 fully saturated rings. The van der Waals surface area contributed by atoms with Crippen molar-refractivity contribution in [2.45, 2.75) is 225 Å². The fourth-order valence-corrected chi connectivity index (χ4v) is 6.54. The zero-order chi connectivity index (χ0) is 41.2. The Morgan fingerprint density at radius 3 is 1.55 bits per heavy atom. The number of carboxylic acid groups (broad SMARTS) is 1. The lowest BCUT2D eigenvalue weighted by atomic mass is 10.0. The number of hydrogen-bond donors (Lipinski definition) is 4. The summed E-state index contributed by atoms with van der Waals surface area (Å²) in [6, 6.07) is -1.38. The Bertz CT molecular complexity index is 1040. The van der Waals surface area contributed by atoms with E-state index in [9.17, 15) is 19.2 Å². The Labute approximate surface area is 342 Å². The molecule has 0 bridgehead atoms. The molecule has 0 aliphatic heterocycles. The lowest BCUT2D eigenvalue weighted by Gasteiger charge is -2.15. The van der Waals surface area contributed by atoms with Gasteiger partial charge in [-0.1, -0.05) is 160 Å². The molecule has 0 rings (SSSR count). The second-order valence-electron chi connectivity index (χ2n) is 15.5. The number of amides is 2. The highest BCUT2D eigenvalue weighted by Crippen LogP contribution is 2.16. The van der Waals surface area contributed by atoms with Crippen LogP contribution in [0.4, 0.5) is 0 Å². The third-order valence-electron chi connectivity index (χ3n) is 10.1. The maximum absolute atomic E-state index is 12.8. The SMILES string of the molecule is CCCCCC/C=C\C/C=C\CCCCCCCCCC(=O)OC(/C=C\CCCCCCCCC)CCCCCCCCC(=O)NCC(=O)NC(CO)C(=O)O. The first-order valence-electron chi connectivity index (χ1n) is 22.9. The summed E-state index contributed by atoms with van der Waals surface area (Å²) < 4.78 is 5.96. The summed E-state index contributed by atoms with van der Waals surface area (Å²) in [6.07, 6.45) is 47.6. The molecule has 9 nitrogen and oxygen atoms in total. The molecule has 4 N–H and O–H groups in total. The van der Waals surface area contributed by atoms with E-state index in [2.05, 4.69) is 60.9 Å². The molecular formula is C47H84N2O7. The van der Waals surface area contributed by atoms with Gasteiger partial charge in [0.25, 0.3) is 0 Å². The number of rotatable bonds is 41. The Balaban J connectivity index is 4.24. The highest BCUT2D eigenvalue weighted by Gasteiger charge is 2.18. The first-order valence-corrected chi connectivity index (χ1v) is 22.9. The van der Waals surface area contributed by atoms with Crippen LogP contribution in [0.5, 0.6) is 0 Å². The van der Waals surface area contributed by atoms with Crippen LogP contribution in [-0.4, -0.2) is 59.3 Å². The van der Waals surface area contributed by atoms with E-state index in [0.29, 0.717) is 19.3 Å². The van der Waals surface area contributed by atoms with Crippen LogP contribution in [-0.2, 0) is 23.9 Å². The average Bonchev–Trinajstić information content (AvgIpc) is 3.18. The number of nitrogens with one attached hydrogen (secondary N) is 2. The van der Waals surface area contributed by atoms with Gasteiger partial charge in [0.15, 0.2) is 0 Å². The zero-order valence-corrected chi connectivity index (χ0v) is 35.9. The number of carbonyl (C=O) groups excluding carboxylic acids is 3. The van der Waals surface area contributed by atoms with E-state index < -0.39 is 24.5 Å². The van der Waals surface area contributed by atoms with Crippen molar-refractivity contribution < 1.29 is 34.1 Å². The number of aliphatic carboxylic acids is 1. The third-order valence-corrected chi connectivity index (χ3v) is 10.1. The van der Waals surface area contributed by atoms with E-state index in [-0.39, 0.29) is 24.5 Å². The third kappa shape index (κ3) is 38.0. The molecule has 2 amide bonds. The summed E-state index contributed by atoms with van der Waals surface area (Å²) in [5.74, 6) is -2.33. The Morgan fingerprint density at radius 2 is 1.02 bits per heavy atom. The lowest BCUT2D eigenvalue weighted by Crippen LogP contribution is -2.47. The zero-order valence-electron chi connectivity index (χ0n) is 35.9. The molecule has 0 radical (unpaired) electrons. The van der Waals surface area contributed by atoms with Crippen LogP contribution in [0, 0.1) is 0 Å². The molecule has 0 aliphatic carbocycles. The fraction of sp³-hybridized carbons (Fsp3) is 0.787. The van der Waals surface area contributed by atoms with Gasteiger partial charge in [-0.25, -0.2) is 4.79 Å². The second-order valence-corrected chi connectivity index (χ2v) is 15.5. The number of aliphatic hydroxyl groups excluding tert-OH is 1. The second kappa shape index (κ2) is 41.7. The summed E-state index contributed by atoms with van der Waals surface area (Å²) in [4.78, 5) is 47.5. The van der Waals surface area contributed by atoms with Gasteiger partial charge in [-0.3, -0.25) is 14.4 Å². The molecule has 0 saturated heterocycles.